The topological polar surface area (TPSA) is 58.6 Å². The number of carbonyl (C=O) groups is 2. The molecule has 2 amide bonds. The zero-order chi connectivity index (χ0) is 14.9. The number of nitrogens with zero attached hydrogens (tertiary/aromatic N) is 1. The number of carbonyl (C=O) groups excluding carboxylic acids is 2. The Hall–Kier alpha value is -1.26. The van der Waals surface area contributed by atoms with E-state index in [0.717, 1.165) is 25.9 Å². The molecule has 0 rings (SSSR count). The summed E-state index contributed by atoms with van der Waals surface area (Å²) in [4.78, 5) is 25.2. The van der Waals surface area contributed by atoms with Crippen LogP contribution in [0.2, 0.25) is 0 Å². The van der Waals surface area contributed by atoms with E-state index in [2.05, 4.69) is 19.2 Å². The first kappa shape index (κ1) is 17.7. The minimum atomic E-state index is -0.509. The third-order valence-electron chi connectivity index (χ3n) is 2.35. The van der Waals surface area contributed by atoms with Crippen molar-refractivity contribution in [3.8, 4) is 0 Å². The van der Waals surface area contributed by atoms with E-state index in [4.69, 9.17) is 4.74 Å². The second-order valence-electron chi connectivity index (χ2n) is 5.56. The van der Waals surface area contributed by atoms with Gasteiger partial charge in [0, 0.05) is 26.1 Å². The van der Waals surface area contributed by atoms with E-state index in [0.29, 0.717) is 13.0 Å². The molecule has 0 atom stereocenters. The summed E-state index contributed by atoms with van der Waals surface area (Å²) in [6, 6.07) is 0. The smallest absolute Gasteiger partial charge is 0.407 e. The quantitative estimate of drug-likeness (QED) is 0.775. The van der Waals surface area contributed by atoms with Gasteiger partial charge in [0.05, 0.1) is 0 Å². The summed E-state index contributed by atoms with van der Waals surface area (Å²) in [5.74, 6) is 0.0831. The number of nitrogens with one attached hydrogen (secondary N) is 1. The lowest BCUT2D eigenvalue weighted by molar-refractivity contribution is -0.131. The Bertz CT molecular complexity index is 279. The van der Waals surface area contributed by atoms with Gasteiger partial charge in [-0.15, -0.1) is 0 Å². The summed E-state index contributed by atoms with van der Waals surface area (Å²) in [6.07, 6.45) is 1.74. The van der Waals surface area contributed by atoms with Gasteiger partial charge in [-0.25, -0.2) is 4.79 Å². The van der Waals surface area contributed by atoms with Crippen molar-refractivity contribution in [2.75, 3.05) is 19.6 Å². The average Bonchev–Trinajstić information content (AvgIpc) is 2.26. The van der Waals surface area contributed by atoms with E-state index in [1.165, 1.54) is 0 Å². The molecule has 0 fully saturated rings. The van der Waals surface area contributed by atoms with Crippen LogP contribution in [0.15, 0.2) is 0 Å². The molecule has 0 saturated heterocycles. The highest BCUT2D eigenvalue weighted by Crippen LogP contribution is 2.06. The van der Waals surface area contributed by atoms with E-state index < -0.39 is 11.7 Å². The summed E-state index contributed by atoms with van der Waals surface area (Å²) < 4.78 is 5.10. The minimum Gasteiger partial charge on any atom is -0.444 e. The molecule has 112 valence electrons. The first-order chi connectivity index (χ1) is 8.80. The molecule has 0 saturated carbocycles. The van der Waals surface area contributed by atoms with E-state index >= 15 is 0 Å². The highest BCUT2D eigenvalue weighted by molar-refractivity contribution is 5.77. The summed E-state index contributed by atoms with van der Waals surface area (Å²) in [6.45, 7) is 11.4. The number of ether oxygens (including phenoxy) is 1. The predicted molar refractivity (Wildman–Crippen MR) is 76.0 cm³/mol. The monoisotopic (exact) mass is 272 g/mol. The van der Waals surface area contributed by atoms with E-state index in [1.54, 1.807) is 0 Å². The van der Waals surface area contributed by atoms with Gasteiger partial charge < -0.3 is 15.0 Å². The first-order valence-corrected chi connectivity index (χ1v) is 7.04. The second-order valence-corrected chi connectivity index (χ2v) is 5.56. The maximum Gasteiger partial charge on any atom is 0.407 e. The molecule has 1 N–H and O–H groups in total. The molecule has 0 unspecified atom stereocenters. The lowest BCUT2D eigenvalue weighted by Crippen LogP contribution is -2.37. The molecule has 0 bridgehead atoms. The molecule has 0 aromatic carbocycles. The minimum absolute atomic E-state index is 0.0831. The van der Waals surface area contributed by atoms with Crippen molar-refractivity contribution in [1.82, 2.24) is 10.2 Å². The highest BCUT2D eigenvalue weighted by atomic mass is 16.6. The summed E-state index contributed by atoms with van der Waals surface area (Å²) >= 11 is 0. The molecule has 0 aromatic rings. The Kier molecular flexibility index (Phi) is 8.19. The third-order valence-corrected chi connectivity index (χ3v) is 2.35. The van der Waals surface area contributed by atoms with Gasteiger partial charge in [0.25, 0.3) is 0 Å². The fourth-order valence-electron chi connectivity index (χ4n) is 1.64. The molecule has 0 radical (unpaired) electrons. The first-order valence-electron chi connectivity index (χ1n) is 7.04. The van der Waals surface area contributed by atoms with Crippen molar-refractivity contribution in [2.24, 2.45) is 0 Å². The fourth-order valence-corrected chi connectivity index (χ4v) is 1.64. The largest absolute Gasteiger partial charge is 0.444 e. The molecular weight excluding hydrogens is 244 g/mol. The summed E-state index contributed by atoms with van der Waals surface area (Å²) in [5.41, 5.74) is -0.509. The third kappa shape index (κ3) is 9.33. The molecule has 0 spiro atoms. The van der Waals surface area contributed by atoms with Gasteiger partial charge in [-0.3, -0.25) is 4.79 Å². The second kappa shape index (κ2) is 8.77. The van der Waals surface area contributed by atoms with Crippen molar-refractivity contribution in [3.63, 3.8) is 0 Å². The fraction of sp³-hybridized carbons (Fsp3) is 0.857. The molecule has 0 aromatic heterocycles. The van der Waals surface area contributed by atoms with Crippen molar-refractivity contribution >= 4 is 12.0 Å². The number of amides is 2. The zero-order valence-corrected chi connectivity index (χ0v) is 12.9. The van der Waals surface area contributed by atoms with Crippen molar-refractivity contribution in [3.05, 3.63) is 0 Å². The highest BCUT2D eigenvalue weighted by Gasteiger charge is 2.16. The molecule has 5 nitrogen and oxygen atoms in total. The Labute approximate surface area is 116 Å². The van der Waals surface area contributed by atoms with Gasteiger partial charge in [0.2, 0.25) is 5.91 Å². The number of hydrogen-bond donors (Lipinski definition) is 1. The van der Waals surface area contributed by atoms with Crippen LogP contribution in [0, 0.1) is 0 Å². The number of hydrogen-bond acceptors (Lipinski definition) is 3. The Morgan fingerprint density at radius 2 is 1.63 bits per heavy atom. The van der Waals surface area contributed by atoms with Crippen LogP contribution < -0.4 is 5.32 Å². The zero-order valence-electron chi connectivity index (χ0n) is 12.9. The normalized spacial score (nSPS) is 11.0. The Morgan fingerprint density at radius 3 is 2.05 bits per heavy atom. The van der Waals surface area contributed by atoms with Crippen LogP contribution in [-0.2, 0) is 9.53 Å². The van der Waals surface area contributed by atoms with Crippen LogP contribution in [-0.4, -0.2) is 42.1 Å². The van der Waals surface area contributed by atoms with Crippen molar-refractivity contribution in [1.29, 1.82) is 0 Å². The molecule has 0 aliphatic heterocycles. The van der Waals surface area contributed by atoms with Crippen LogP contribution in [0.5, 0.6) is 0 Å². The SMILES string of the molecule is CCCN(CCC)C(=O)CCNC(=O)OC(C)(C)C. The van der Waals surface area contributed by atoms with E-state index in [9.17, 15) is 9.59 Å². The predicted octanol–water partition coefficient (Wildman–Crippen LogP) is 2.55. The van der Waals surface area contributed by atoms with Crippen LogP contribution in [0.4, 0.5) is 4.79 Å². The maximum atomic E-state index is 11.9. The van der Waals surface area contributed by atoms with Crippen molar-refractivity contribution in [2.45, 2.75) is 59.5 Å². The molecule has 0 aliphatic carbocycles. The van der Waals surface area contributed by atoms with E-state index in [1.807, 2.05) is 25.7 Å². The average molecular weight is 272 g/mol. The number of alkyl carbamates (subject to hydrolysis) is 1. The van der Waals surface area contributed by atoms with Crippen molar-refractivity contribution < 1.29 is 14.3 Å². The summed E-state index contributed by atoms with van der Waals surface area (Å²) in [7, 11) is 0. The van der Waals surface area contributed by atoms with Gasteiger partial charge in [0.15, 0.2) is 0 Å². The molecule has 0 heterocycles. The van der Waals surface area contributed by atoms with Crippen LogP contribution in [0.25, 0.3) is 0 Å². The lowest BCUT2D eigenvalue weighted by atomic mass is 10.2. The Morgan fingerprint density at radius 1 is 1.11 bits per heavy atom. The molecule has 0 aliphatic rings. The van der Waals surface area contributed by atoms with Gasteiger partial charge >= 0.3 is 6.09 Å². The lowest BCUT2D eigenvalue weighted by Gasteiger charge is -2.22. The van der Waals surface area contributed by atoms with Gasteiger partial charge in [-0.05, 0) is 33.6 Å². The van der Waals surface area contributed by atoms with Crippen LogP contribution >= 0.6 is 0 Å². The Balaban J connectivity index is 3.98. The van der Waals surface area contributed by atoms with E-state index in [-0.39, 0.29) is 5.91 Å². The molecule has 19 heavy (non-hydrogen) atoms. The van der Waals surface area contributed by atoms with Crippen LogP contribution in [0.3, 0.4) is 0 Å². The molecule has 5 heteroatoms. The van der Waals surface area contributed by atoms with Gasteiger partial charge in [-0.1, -0.05) is 13.8 Å². The maximum absolute atomic E-state index is 11.9. The summed E-state index contributed by atoms with van der Waals surface area (Å²) in [5, 5.41) is 2.60. The molecular formula is C14H28N2O3. The van der Waals surface area contributed by atoms with Crippen LogP contribution in [0.1, 0.15) is 53.9 Å². The van der Waals surface area contributed by atoms with Gasteiger partial charge in [-0.2, -0.15) is 0 Å². The van der Waals surface area contributed by atoms with Gasteiger partial charge in [0.1, 0.15) is 5.60 Å². The standard InChI is InChI=1S/C14H28N2O3/c1-6-10-16(11-7-2)12(17)8-9-15-13(18)19-14(3,4)5/h6-11H2,1-5H3,(H,15,18). The number of rotatable bonds is 7.